The molecule has 0 aliphatic heterocycles. The average molecular weight is 246 g/mol. The van der Waals surface area contributed by atoms with Crippen molar-refractivity contribution in [3.63, 3.8) is 0 Å². The van der Waals surface area contributed by atoms with Gasteiger partial charge in [0.1, 0.15) is 0 Å². The van der Waals surface area contributed by atoms with Crippen LogP contribution in [0.1, 0.15) is 37.9 Å². The lowest BCUT2D eigenvalue weighted by Gasteiger charge is -2.15. The lowest BCUT2D eigenvalue weighted by molar-refractivity contribution is 0.110. The summed E-state index contributed by atoms with van der Waals surface area (Å²) < 4.78 is 5.51. The molecule has 3 heteroatoms. The first kappa shape index (κ1) is 14.7. The van der Waals surface area contributed by atoms with Crippen molar-refractivity contribution in [3.8, 4) is 6.07 Å². The zero-order valence-electron chi connectivity index (χ0n) is 11.4. The fourth-order valence-corrected chi connectivity index (χ4v) is 1.66. The van der Waals surface area contributed by atoms with Crippen LogP contribution in [-0.4, -0.2) is 19.8 Å². The molecule has 1 atom stereocenters. The van der Waals surface area contributed by atoms with E-state index in [1.54, 1.807) is 0 Å². The minimum atomic E-state index is 0.237. The van der Waals surface area contributed by atoms with Crippen LogP contribution in [-0.2, 0) is 4.74 Å². The van der Waals surface area contributed by atoms with Crippen molar-refractivity contribution < 1.29 is 4.74 Å². The van der Waals surface area contributed by atoms with Crippen LogP contribution in [0.5, 0.6) is 0 Å². The molecule has 0 saturated heterocycles. The van der Waals surface area contributed by atoms with Crippen molar-refractivity contribution in [1.82, 2.24) is 5.32 Å². The molecule has 98 valence electrons. The first-order chi connectivity index (χ1) is 8.63. The normalized spacial score (nSPS) is 12.4. The van der Waals surface area contributed by atoms with Gasteiger partial charge in [-0.15, -0.1) is 0 Å². The van der Waals surface area contributed by atoms with E-state index >= 15 is 0 Å². The lowest BCUT2D eigenvalue weighted by atomic mass is 10.1. The molecule has 0 bridgehead atoms. The Balaban J connectivity index is 2.32. The third-order valence-electron chi connectivity index (χ3n) is 2.66. The summed E-state index contributed by atoms with van der Waals surface area (Å²) in [5.74, 6) is 0.578. The van der Waals surface area contributed by atoms with E-state index in [2.05, 4.69) is 32.2 Å². The molecule has 0 radical (unpaired) electrons. The maximum Gasteiger partial charge on any atom is 0.0991 e. The summed E-state index contributed by atoms with van der Waals surface area (Å²) in [5, 5.41) is 12.2. The maximum absolute atomic E-state index is 8.85. The van der Waals surface area contributed by atoms with Crippen molar-refractivity contribution in [2.24, 2.45) is 5.92 Å². The SMILES string of the molecule is CC(C)COCCNC(C)c1cccc(C#N)c1. The molecule has 1 unspecified atom stereocenters. The van der Waals surface area contributed by atoms with Crippen molar-refractivity contribution in [1.29, 1.82) is 5.26 Å². The Morgan fingerprint density at radius 2 is 2.11 bits per heavy atom. The van der Waals surface area contributed by atoms with Crippen LogP contribution in [0.3, 0.4) is 0 Å². The second kappa shape index (κ2) is 7.86. The van der Waals surface area contributed by atoms with Gasteiger partial charge in [-0.05, 0) is 30.5 Å². The van der Waals surface area contributed by atoms with Crippen molar-refractivity contribution in [2.75, 3.05) is 19.8 Å². The molecule has 1 aromatic rings. The highest BCUT2D eigenvalue weighted by atomic mass is 16.5. The number of ether oxygens (including phenoxy) is 1. The Bertz CT molecular complexity index is 396. The van der Waals surface area contributed by atoms with Gasteiger partial charge < -0.3 is 10.1 Å². The van der Waals surface area contributed by atoms with E-state index in [9.17, 15) is 0 Å². The third-order valence-corrected chi connectivity index (χ3v) is 2.66. The second-order valence-electron chi connectivity index (χ2n) is 4.88. The highest BCUT2D eigenvalue weighted by Gasteiger charge is 2.05. The minimum absolute atomic E-state index is 0.237. The van der Waals surface area contributed by atoms with Crippen molar-refractivity contribution in [2.45, 2.75) is 26.8 Å². The van der Waals surface area contributed by atoms with Gasteiger partial charge >= 0.3 is 0 Å². The van der Waals surface area contributed by atoms with Gasteiger partial charge in [-0.2, -0.15) is 5.26 Å². The number of nitrogens with one attached hydrogen (secondary N) is 1. The van der Waals surface area contributed by atoms with Crippen LogP contribution in [0, 0.1) is 17.2 Å². The fraction of sp³-hybridized carbons (Fsp3) is 0.533. The molecular weight excluding hydrogens is 224 g/mol. The second-order valence-corrected chi connectivity index (χ2v) is 4.88. The molecule has 0 saturated carbocycles. The van der Waals surface area contributed by atoms with Gasteiger partial charge in [0.15, 0.2) is 0 Å². The number of hydrogen-bond acceptors (Lipinski definition) is 3. The van der Waals surface area contributed by atoms with Crippen LogP contribution in [0.4, 0.5) is 0 Å². The fourth-order valence-electron chi connectivity index (χ4n) is 1.66. The van der Waals surface area contributed by atoms with Crippen molar-refractivity contribution >= 4 is 0 Å². The molecule has 0 aliphatic rings. The Morgan fingerprint density at radius 1 is 1.33 bits per heavy atom. The zero-order valence-corrected chi connectivity index (χ0v) is 11.4. The van der Waals surface area contributed by atoms with E-state index in [4.69, 9.17) is 10.00 Å². The van der Waals surface area contributed by atoms with E-state index in [1.165, 1.54) is 0 Å². The minimum Gasteiger partial charge on any atom is -0.380 e. The van der Waals surface area contributed by atoms with Crippen LogP contribution in [0.25, 0.3) is 0 Å². The Morgan fingerprint density at radius 3 is 2.78 bits per heavy atom. The molecule has 3 nitrogen and oxygen atoms in total. The lowest BCUT2D eigenvalue weighted by Crippen LogP contribution is -2.24. The molecule has 0 amide bonds. The number of benzene rings is 1. The molecule has 0 heterocycles. The number of hydrogen-bond donors (Lipinski definition) is 1. The van der Waals surface area contributed by atoms with Gasteiger partial charge in [0.05, 0.1) is 18.2 Å². The van der Waals surface area contributed by atoms with Gasteiger partial charge in [-0.1, -0.05) is 26.0 Å². The smallest absolute Gasteiger partial charge is 0.0991 e. The van der Waals surface area contributed by atoms with E-state index in [-0.39, 0.29) is 6.04 Å². The molecule has 0 fully saturated rings. The van der Waals surface area contributed by atoms with Gasteiger partial charge in [-0.25, -0.2) is 0 Å². The largest absolute Gasteiger partial charge is 0.380 e. The Hall–Kier alpha value is -1.37. The van der Waals surface area contributed by atoms with Gasteiger partial charge in [0.2, 0.25) is 0 Å². The monoisotopic (exact) mass is 246 g/mol. The molecule has 1 rings (SSSR count). The average Bonchev–Trinajstić information content (AvgIpc) is 2.37. The zero-order chi connectivity index (χ0) is 13.4. The van der Waals surface area contributed by atoms with E-state index in [0.29, 0.717) is 11.5 Å². The molecule has 0 aliphatic carbocycles. The van der Waals surface area contributed by atoms with Gasteiger partial charge in [-0.3, -0.25) is 0 Å². The summed E-state index contributed by atoms with van der Waals surface area (Å²) in [4.78, 5) is 0. The number of nitriles is 1. The topological polar surface area (TPSA) is 45.0 Å². The molecule has 0 spiro atoms. The summed E-state index contributed by atoms with van der Waals surface area (Å²) in [6.45, 7) is 8.73. The molecule has 18 heavy (non-hydrogen) atoms. The Kier molecular flexibility index (Phi) is 6.42. The van der Waals surface area contributed by atoms with Crippen LogP contribution in [0.15, 0.2) is 24.3 Å². The highest BCUT2D eigenvalue weighted by molar-refractivity contribution is 5.33. The van der Waals surface area contributed by atoms with E-state index in [1.807, 2.05) is 24.3 Å². The number of nitrogens with zero attached hydrogens (tertiary/aromatic N) is 1. The molecule has 1 aromatic carbocycles. The van der Waals surface area contributed by atoms with E-state index < -0.39 is 0 Å². The summed E-state index contributed by atoms with van der Waals surface area (Å²) in [6, 6.07) is 10.1. The van der Waals surface area contributed by atoms with Crippen LogP contribution in [0.2, 0.25) is 0 Å². The summed E-state index contributed by atoms with van der Waals surface area (Å²) in [7, 11) is 0. The van der Waals surface area contributed by atoms with Crippen LogP contribution < -0.4 is 5.32 Å². The molecular formula is C15H22N2O. The van der Waals surface area contributed by atoms with Gasteiger partial charge in [0.25, 0.3) is 0 Å². The summed E-state index contributed by atoms with van der Waals surface area (Å²) >= 11 is 0. The molecule has 1 N–H and O–H groups in total. The Labute approximate surface area is 110 Å². The summed E-state index contributed by atoms with van der Waals surface area (Å²) in [5.41, 5.74) is 1.84. The number of rotatable bonds is 7. The third kappa shape index (κ3) is 5.31. The highest BCUT2D eigenvalue weighted by Crippen LogP contribution is 2.13. The quantitative estimate of drug-likeness (QED) is 0.752. The predicted octanol–water partition coefficient (Wildman–Crippen LogP) is 2.88. The predicted molar refractivity (Wildman–Crippen MR) is 73.2 cm³/mol. The first-order valence-corrected chi connectivity index (χ1v) is 6.44. The first-order valence-electron chi connectivity index (χ1n) is 6.44. The van der Waals surface area contributed by atoms with Crippen molar-refractivity contribution in [3.05, 3.63) is 35.4 Å². The van der Waals surface area contributed by atoms with E-state index in [0.717, 1.165) is 25.3 Å². The van der Waals surface area contributed by atoms with Gasteiger partial charge in [0, 0.05) is 19.2 Å². The standard InChI is InChI=1S/C15H22N2O/c1-12(2)11-18-8-7-17-13(3)15-6-4-5-14(9-15)10-16/h4-6,9,12-13,17H,7-8,11H2,1-3H3. The summed E-state index contributed by atoms with van der Waals surface area (Å²) in [6.07, 6.45) is 0. The molecule has 0 aromatic heterocycles. The maximum atomic E-state index is 8.85. The van der Waals surface area contributed by atoms with Crippen LogP contribution >= 0.6 is 0 Å².